The van der Waals surface area contributed by atoms with Crippen LogP contribution in [0.1, 0.15) is 38.2 Å². The number of ether oxygens (including phenoxy) is 2. The van der Waals surface area contributed by atoms with Crippen molar-refractivity contribution in [1.82, 2.24) is 4.90 Å². The minimum atomic E-state index is 0.603. The first kappa shape index (κ1) is 15.2. The highest BCUT2D eigenvalue weighted by Gasteiger charge is 2.30. The molecule has 1 aliphatic heterocycles. The molecule has 0 aliphatic carbocycles. The lowest BCUT2D eigenvalue weighted by atomic mass is 9.90. The van der Waals surface area contributed by atoms with E-state index >= 15 is 0 Å². The number of hydrogen-bond acceptors (Lipinski definition) is 3. The van der Waals surface area contributed by atoms with Gasteiger partial charge in [-0.25, -0.2) is 0 Å². The maximum Gasteiger partial charge on any atom is 0.160 e. The van der Waals surface area contributed by atoms with E-state index < -0.39 is 0 Å². The summed E-state index contributed by atoms with van der Waals surface area (Å²) >= 11 is 0. The molecule has 2 atom stereocenters. The fraction of sp³-hybridized carbons (Fsp3) is 0.647. The minimum absolute atomic E-state index is 0.603. The average Bonchev–Trinajstić information content (AvgIpc) is 2.85. The van der Waals surface area contributed by atoms with Gasteiger partial charge in [-0.1, -0.05) is 26.3 Å². The monoisotopic (exact) mass is 277 g/mol. The molecule has 0 aromatic heterocycles. The Balaban J connectivity index is 2.11. The van der Waals surface area contributed by atoms with Crippen molar-refractivity contribution in [3.8, 4) is 11.5 Å². The molecular formula is C17H27NO2. The van der Waals surface area contributed by atoms with Crippen molar-refractivity contribution in [1.29, 1.82) is 0 Å². The van der Waals surface area contributed by atoms with E-state index in [1.807, 2.05) is 6.07 Å². The third kappa shape index (κ3) is 3.26. The van der Waals surface area contributed by atoms with Crippen molar-refractivity contribution >= 4 is 0 Å². The molecule has 0 unspecified atom stereocenters. The van der Waals surface area contributed by atoms with E-state index in [2.05, 4.69) is 30.9 Å². The van der Waals surface area contributed by atoms with E-state index in [0.29, 0.717) is 11.8 Å². The highest BCUT2D eigenvalue weighted by atomic mass is 16.5. The first-order valence-corrected chi connectivity index (χ1v) is 7.63. The van der Waals surface area contributed by atoms with Gasteiger partial charge in [0, 0.05) is 19.0 Å². The Morgan fingerprint density at radius 1 is 1.15 bits per heavy atom. The van der Waals surface area contributed by atoms with Crippen molar-refractivity contribution in [3.63, 3.8) is 0 Å². The van der Waals surface area contributed by atoms with Crippen LogP contribution in [0.25, 0.3) is 0 Å². The van der Waals surface area contributed by atoms with Crippen LogP contribution < -0.4 is 9.47 Å². The van der Waals surface area contributed by atoms with Gasteiger partial charge in [0.1, 0.15) is 0 Å². The van der Waals surface area contributed by atoms with Crippen LogP contribution >= 0.6 is 0 Å². The highest BCUT2D eigenvalue weighted by Crippen LogP contribution is 2.37. The summed E-state index contributed by atoms with van der Waals surface area (Å²) in [6.45, 7) is 8.21. The Morgan fingerprint density at radius 2 is 1.90 bits per heavy atom. The Morgan fingerprint density at radius 3 is 2.55 bits per heavy atom. The van der Waals surface area contributed by atoms with Gasteiger partial charge in [0.15, 0.2) is 11.5 Å². The molecular weight excluding hydrogens is 250 g/mol. The fourth-order valence-electron chi connectivity index (χ4n) is 3.15. The number of rotatable bonds is 6. The maximum atomic E-state index is 5.42. The predicted octanol–water partition coefficient (Wildman–Crippen LogP) is 3.54. The Hall–Kier alpha value is -1.22. The van der Waals surface area contributed by atoms with Gasteiger partial charge in [-0.15, -0.1) is 0 Å². The molecule has 1 aromatic carbocycles. The summed E-state index contributed by atoms with van der Waals surface area (Å²) in [5, 5.41) is 0. The lowest BCUT2D eigenvalue weighted by Gasteiger charge is -2.17. The quantitative estimate of drug-likeness (QED) is 0.794. The molecule has 112 valence electrons. The van der Waals surface area contributed by atoms with Gasteiger partial charge in [0.05, 0.1) is 14.2 Å². The molecule has 3 nitrogen and oxygen atoms in total. The molecule has 1 heterocycles. The predicted molar refractivity (Wildman–Crippen MR) is 82.8 cm³/mol. The number of methoxy groups -OCH3 is 2. The fourth-order valence-corrected chi connectivity index (χ4v) is 3.15. The van der Waals surface area contributed by atoms with E-state index in [1.54, 1.807) is 14.2 Å². The van der Waals surface area contributed by atoms with Crippen molar-refractivity contribution in [2.45, 2.75) is 32.6 Å². The van der Waals surface area contributed by atoms with E-state index in [1.165, 1.54) is 31.5 Å². The molecule has 1 aliphatic rings. The topological polar surface area (TPSA) is 21.7 Å². The summed E-state index contributed by atoms with van der Waals surface area (Å²) in [5.74, 6) is 2.95. The van der Waals surface area contributed by atoms with Crippen LogP contribution in [0.3, 0.4) is 0 Å². The smallest absolute Gasteiger partial charge is 0.160 e. The number of likely N-dealkylation sites (tertiary alicyclic amines) is 1. The molecule has 1 aromatic rings. The largest absolute Gasteiger partial charge is 0.493 e. The van der Waals surface area contributed by atoms with Crippen LogP contribution in [0.5, 0.6) is 11.5 Å². The van der Waals surface area contributed by atoms with E-state index in [9.17, 15) is 0 Å². The third-order valence-electron chi connectivity index (χ3n) is 4.35. The van der Waals surface area contributed by atoms with Crippen molar-refractivity contribution in [2.24, 2.45) is 5.92 Å². The van der Waals surface area contributed by atoms with Crippen LogP contribution in [0, 0.1) is 5.92 Å². The van der Waals surface area contributed by atoms with Crippen molar-refractivity contribution < 1.29 is 9.47 Å². The third-order valence-corrected chi connectivity index (χ3v) is 4.35. The molecule has 0 bridgehead atoms. The first-order chi connectivity index (χ1) is 9.69. The molecule has 1 fully saturated rings. The lowest BCUT2D eigenvalue weighted by molar-refractivity contribution is 0.320. The number of nitrogens with zero attached hydrogens (tertiary/aromatic N) is 1. The Labute approximate surface area is 122 Å². The second-order valence-electron chi connectivity index (χ2n) is 5.81. The number of benzene rings is 1. The first-order valence-electron chi connectivity index (χ1n) is 7.63. The van der Waals surface area contributed by atoms with E-state index in [-0.39, 0.29) is 0 Å². The number of unbranched alkanes of at least 4 members (excludes halogenated alkanes) is 1. The molecule has 1 saturated heterocycles. The number of hydrogen-bond donors (Lipinski definition) is 0. The Bertz CT molecular complexity index is 433. The van der Waals surface area contributed by atoms with Crippen LogP contribution in [0.15, 0.2) is 18.2 Å². The second kappa shape index (κ2) is 6.98. The minimum Gasteiger partial charge on any atom is -0.493 e. The zero-order valence-corrected chi connectivity index (χ0v) is 13.2. The van der Waals surface area contributed by atoms with Gasteiger partial charge < -0.3 is 14.4 Å². The van der Waals surface area contributed by atoms with Crippen LogP contribution in [-0.4, -0.2) is 38.8 Å². The molecule has 0 saturated carbocycles. The summed E-state index contributed by atoms with van der Waals surface area (Å²) in [6, 6.07) is 6.35. The summed E-state index contributed by atoms with van der Waals surface area (Å²) in [5.41, 5.74) is 1.37. The lowest BCUT2D eigenvalue weighted by Crippen LogP contribution is -2.21. The van der Waals surface area contributed by atoms with Gasteiger partial charge in [-0.05, 0) is 36.6 Å². The van der Waals surface area contributed by atoms with Gasteiger partial charge in [-0.3, -0.25) is 0 Å². The van der Waals surface area contributed by atoms with Crippen molar-refractivity contribution in [3.05, 3.63) is 23.8 Å². The normalized spacial score (nSPS) is 23.0. The van der Waals surface area contributed by atoms with E-state index in [0.717, 1.165) is 18.0 Å². The van der Waals surface area contributed by atoms with Gasteiger partial charge in [0.25, 0.3) is 0 Å². The molecule has 0 spiro atoms. The zero-order valence-electron chi connectivity index (χ0n) is 13.2. The second-order valence-corrected chi connectivity index (χ2v) is 5.81. The maximum absolute atomic E-state index is 5.42. The summed E-state index contributed by atoms with van der Waals surface area (Å²) in [4.78, 5) is 2.59. The van der Waals surface area contributed by atoms with Crippen LogP contribution in [0.4, 0.5) is 0 Å². The molecule has 2 rings (SSSR count). The SMILES string of the molecule is CCCCN1C[C@@H](C)[C@@H](c2ccc(OC)c(OC)c2)C1. The average molecular weight is 277 g/mol. The van der Waals surface area contributed by atoms with E-state index in [4.69, 9.17) is 9.47 Å². The molecule has 3 heteroatoms. The van der Waals surface area contributed by atoms with Gasteiger partial charge in [0.2, 0.25) is 0 Å². The van der Waals surface area contributed by atoms with Gasteiger partial charge >= 0.3 is 0 Å². The van der Waals surface area contributed by atoms with Gasteiger partial charge in [-0.2, -0.15) is 0 Å². The molecule has 20 heavy (non-hydrogen) atoms. The summed E-state index contributed by atoms with van der Waals surface area (Å²) in [6.07, 6.45) is 2.57. The van der Waals surface area contributed by atoms with Crippen LogP contribution in [0.2, 0.25) is 0 Å². The zero-order chi connectivity index (χ0) is 14.5. The summed E-state index contributed by atoms with van der Waals surface area (Å²) < 4.78 is 10.7. The van der Waals surface area contributed by atoms with Crippen LogP contribution in [-0.2, 0) is 0 Å². The Kier molecular flexibility index (Phi) is 5.30. The summed E-state index contributed by atoms with van der Waals surface area (Å²) in [7, 11) is 3.38. The molecule has 0 radical (unpaired) electrons. The van der Waals surface area contributed by atoms with Crippen molar-refractivity contribution in [2.75, 3.05) is 33.9 Å². The molecule has 0 amide bonds. The highest BCUT2D eigenvalue weighted by molar-refractivity contribution is 5.44. The molecule has 0 N–H and O–H groups in total. The standard InChI is InChI=1S/C17H27NO2/c1-5-6-9-18-11-13(2)15(12-18)14-7-8-16(19-3)17(10-14)20-4/h7-8,10,13,15H,5-6,9,11-12H2,1-4H3/t13-,15+/m1/s1.